The maximum atomic E-state index is 2.34. The van der Waals surface area contributed by atoms with E-state index < -0.39 is 0 Å². The summed E-state index contributed by atoms with van der Waals surface area (Å²) in [5.41, 5.74) is 0. The van der Waals surface area contributed by atoms with Crippen molar-refractivity contribution in [3.63, 3.8) is 0 Å². The first-order valence-corrected chi connectivity index (χ1v) is 7.25. The van der Waals surface area contributed by atoms with E-state index >= 15 is 0 Å². The number of hydrogen-bond acceptors (Lipinski definition) is 0. The molecule has 0 aromatic carbocycles. The van der Waals surface area contributed by atoms with Crippen molar-refractivity contribution in [3.8, 4) is 0 Å². The summed E-state index contributed by atoms with van der Waals surface area (Å²) in [6.07, 6.45) is 4.14. The summed E-state index contributed by atoms with van der Waals surface area (Å²) >= 11 is 0. The second-order valence-electron chi connectivity index (χ2n) is 6.55. The first-order valence-electron chi connectivity index (χ1n) is 7.25. The summed E-state index contributed by atoms with van der Waals surface area (Å²) in [7, 11) is 0. The predicted octanol–water partition coefficient (Wildman–Crippen LogP) is 3.01. The van der Waals surface area contributed by atoms with Gasteiger partial charge in [-0.1, -0.05) is 41.5 Å². The van der Waals surface area contributed by atoms with E-state index in [1.165, 1.54) is 38.9 Å². The molecule has 0 aromatic heterocycles. The zero-order valence-electron chi connectivity index (χ0n) is 12.5. The van der Waals surface area contributed by atoms with Crippen molar-refractivity contribution >= 4 is 0 Å². The zero-order valence-corrected chi connectivity index (χ0v) is 12.5. The van der Waals surface area contributed by atoms with E-state index in [1.807, 2.05) is 4.90 Å². The number of nitrogens with one attached hydrogen (secondary N) is 1. The van der Waals surface area contributed by atoms with Gasteiger partial charge < -0.3 is 4.90 Å². The van der Waals surface area contributed by atoms with Crippen LogP contribution in [0.5, 0.6) is 0 Å². The SMILES string of the molecule is CC(C)CC[NH+](CCC(C)C)CCC(C)C. The first kappa shape index (κ1) is 16.0. The standard InChI is InChI=1S/C15H33N/c1-13(2)7-10-16(11-8-14(3)4)12-9-15(5)6/h13-15H,7-12H2,1-6H3/p+1. The Kier molecular flexibility index (Phi) is 9.02. The van der Waals surface area contributed by atoms with Crippen molar-refractivity contribution in [1.29, 1.82) is 0 Å². The van der Waals surface area contributed by atoms with Crippen LogP contribution in [0, 0.1) is 17.8 Å². The Morgan fingerprint density at radius 2 is 0.812 bits per heavy atom. The van der Waals surface area contributed by atoms with Crippen LogP contribution in [0.4, 0.5) is 0 Å². The van der Waals surface area contributed by atoms with Gasteiger partial charge in [0.2, 0.25) is 0 Å². The lowest BCUT2D eigenvalue weighted by Gasteiger charge is -2.22. The summed E-state index contributed by atoms with van der Waals surface area (Å²) in [5, 5.41) is 0. The summed E-state index contributed by atoms with van der Waals surface area (Å²) in [6, 6.07) is 0. The Morgan fingerprint density at radius 3 is 1.00 bits per heavy atom. The minimum atomic E-state index is 0.855. The first-order chi connectivity index (χ1) is 7.41. The third-order valence-corrected chi connectivity index (χ3v) is 3.23. The Morgan fingerprint density at radius 1 is 0.562 bits per heavy atom. The minimum absolute atomic E-state index is 0.855. The normalized spacial score (nSPS) is 12.4. The Labute approximate surface area is 104 Å². The van der Waals surface area contributed by atoms with E-state index in [0.717, 1.165) is 17.8 Å². The quantitative estimate of drug-likeness (QED) is 0.619. The van der Waals surface area contributed by atoms with Crippen molar-refractivity contribution in [2.24, 2.45) is 17.8 Å². The number of rotatable bonds is 9. The molecule has 0 amide bonds. The molecule has 1 nitrogen and oxygen atoms in total. The van der Waals surface area contributed by atoms with Crippen molar-refractivity contribution in [3.05, 3.63) is 0 Å². The molecule has 0 saturated heterocycles. The average Bonchev–Trinajstić information content (AvgIpc) is 2.15. The Hall–Kier alpha value is -0.0400. The van der Waals surface area contributed by atoms with Crippen LogP contribution in [-0.4, -0.2) is 19.6 Å². The smallest absolute Gasteiger partial charge is 0.0773 e. The van der Waals surface area contributed by atoms with Gasteiger partial charge in [-0.25, -0.2) is 0 Å². The highest BCUT2D eigenvalue weighted by atomic mass is 15.1. The molecule has 0 fully saturated rings. The molecule has 0 aliphatic heterocycles. The van der Waals surface area contributed by atoms with Gasteiger partial charge in [0.1, 0.15) is 0 Å². The third-order valence-electron chi connectivity index (χ3n) is 3.23. The molecule has 98 valence electrons. The molecule has 1 heteroatoms. The van der Waals surface area contributed by atoms with Gasteiger partial charge >= 0.3 is 0 Å². The molecule has 0 heterocycles. The van der Waals surface area contributed by atoms with Crippen LogP contribution >= 0.6 is 0 Å². The Balaban J connectivity index is 3.85. The van der Waals surface area contributed by atoms with Crippen molar-refractivity contribution in [1.82, 2.24) is 0 Å². The number of quaternary nitrogens is 1. The molecule has 0 atom stereocenters. The maximum Gasteiger partial charge on any atom is 0.0773 e. The number of hydrogen-bond donors (Lipinski definition) is 1. The maximum absolute atomic E-state index is 2.34. The van der Waals surface area contributed by atoms with E-state index in [4.69, 9.17) is 0 Å². The molecule has 16 heavy (non-hydrogen) atoms. The fourth-order valence-corrected chi connectivity index (χ4v) is 1.85. The second-order valence-corrected chi connectivity index (χ2v) is 6.55. The van der Waals surface area contributed by atoms with Crippen molar-refractivity contribution < 1.29 is 4.90 Å². The van der Waals surface area contributed by atoms with Crippen LogP contribution in [0.2, 0.25) is 0 Å². The van der Waals surface area contributed by atoms with Crippen molar-refractivity contribution in [2.45, 2.75) is 60.8 Å². The van der Waals surface area contributed by atoms with Gasteiger partial charge in [-0.3, -0.25) is 0 Å². The minimum Gasteiger partial charge on any atom is -0.335 e. The van der Waals surface area contributed by atoms with Crippen LogP contribution in [0.15, 0.2) is 0 Å². The van der Waals surface area contributed by atoms with Gasteiger partial charge in [0.25, 0.3) is 0 Å². The van der Waals surface area contributed by atoms with Crippen LogP contribution in [0.1, 0.15) is 60.8 Å². The Bertz CT molecular complexity index is 121. The van der Waals surface area contributed by atoms with Crippen LogP contribution in [0.3, 0.4) is 0 Å². The summed E-state index contributed by atoms with van der Waals surface area (Å²) in [5.74, 6) is 2.56. The van der Waals surface area contributed by atoms with E-state index in [2.05, 4.69) is 41.5 Å². The topological polar surface area (TPSA) is 4.44 Å². The van der Waals surface area contributed by atoms with E-state index in [9.17, 15) is 0 Å². The summed E-state index contributed by atoms with van der Waals surface area (Å²) in [4.78, 5) is 1.83. The summed E-state index contributed by atoms with van der Waals surface area (Å²) < 4.78 is 0. The molecule has 0 aliphatic rings. The van der Waals surface area contributed by atoms with Gasteiger partial charge in [0.15, 0.2) is 0 Å². The molecular weight excluding hydrogens is 194 g/mol. The summed E-state index contributed by atoms with van der Waals surface area (Å²) in [6.45, 7) is 18.1. The average molecular weight is 228 g/mol. The van der Waals surface area contributed by atoms with Gasteiger partial charge in [-0.15, -0.1) is 0 Å². The lowest BCUT2D eigenvalue weighted by molar-refractivity contribution is -0.901. The van der Waals surface area contributed by atoms with Gasteiger partial charge in [-0.2, -0.15) is 0 Å². The molecule has 1 N–H and O–H groups in total. The molecule has 0 unspecified atom stereocenters. The fourth-order valence-electron chi connectivity index (χ4n) is 1.85. The second kappa shape index (κ2) is 9.04. The lowest BCUT2D eigenvalue weighted by Crippen LogP contribution is -3.12. The molecule has 0 bridgehead atoms. The molecule has 0 aliphatic carbocycles. The molecule has 0 spiro atoms. The molecule has 0 aromatic rings. The van der Waals surface area contributed by atoms with E-state index in [0.29, 0.717) is 0 Å². The van der Waals surface area contributed by atoms with Crippen molar-refractivity contribution in [2.75, 3.05) is 19.6 Å². The van der Waals surface area contributed by atoms with E-state index in [1.54, 1.807) is 0 Å². The van der Waals surface area contributed by atoms with Gasteiger partial charge in [0, 0.05) is 0 Å². The highest BCUT2D eigenvalue weighted by Crippen LogP contribution is 1.99. The van der Waals surface area contributed by atoms with Crippen LogP contribution in [0.25, 0.3) is 0 Å². The molecular formula is C15H34N+. The zero-order chi connectivity index (χ0) is 12.6. The lowest BCUT2D eigenvalue weighted by atomic mass is 10.1. The predicted molar refractivity (Wildman–Crippen MR) is 73.9 cm³/mol. The molecule has 0 rings (SSSR count). The van der Waals surface area contributed by atoms with Gasteiger partial charge in [0.05, 0.1) is 19.6 Å². The molecule has 0 radical (unpaired) electrons. The molecule has 0 saturated carbocycles. The highest BCUT2D eigenvalue weighted by Gasteiger charge is 2.11. The van der Waals surface area contributed by atoms with Crippen LogP contribution in [-0.2, 0) is 0 Å². The monoisotopic (exact) mass is 228 g/mol. The fraction of sp³-hybridized carbons (Fsp3) is 1.00. The third kappa shape index (κ3) is 10.5. The van der Waals surface area contributed by atoms with E-state index in [-0.39, 0.29) is 0 Å². The largest absolute Gasteiger partial charge is 0.335 e. The highest BCUT2D eigenvalue weighted by molar-refractivity contribution is 4.47. The van der Waals surface area contributed by atoms with Gasteiger partial charge in [-0.05, 0) is 37.0 Å². The van der Waals surface area contributed by atoms with Crippen LogP contribution < -0.4 is 4.90 Å².